The van der Waals surface area contributed by atoms with Gasteiger partial charge in [0.1, 0.15) is 0 Å². The second-order valence-electron chi connectivity index (χ2n) is 4.59. The molecular weight excluding hydrogens is 260 g/mol. The average molecular weight is 274 g/mol. The predicted octanol–water partition coefficient (Wildman–Crippen LogP) is 2.54. The van der Waals surface area contributed by atoms with Gasteiger partial charge in [-0.05, 0) is 18.9 Å². The normalized spacial score (nSPS) is 15.8. The Morgan fingerprint density at radius 1 is 1.37 bits per heavy atom. The van der Waals surface area contributed by atoms with E-state index in [4.69, 9.17) is 5.73 Å². The summed E-state index contributed by atoms with van der Waals surface area (Å²) in [7, 11) is 0. The fraction of sp³-hybridized carbons (Fsp3) is 0.231. The van der Waals surface area contributed by atoms with E-state index in [0.717, 1.165) is 24.1 Å². The molecule has 1 saturated carbocycles. The minimum Gasteiger partial charge on any atom is -0.398 e. The van der Waals surface area contributed by atoms with Gasteiger partial charge in [0.15, 0.2) is 5.13 Å². The van der Waals surface area contributed by atoms with E-state index in [9.17, 15) is 4.79 Å². The number of nitrogens with two attached hydrogens (primary N) is 1. The van der Waals surface area contributed by atoms with Crippen LogP contribution in [0.1, 0.15) is 18.4 Å². The number of rotatable bonds is 3. The number of urea groups is 1. The van der Waals surface area contributed by atoms with Crippen LogP contribution in [0, 0.1) is 0 Å². The molecule has 0 spiro atoms. The van der Waals surface area contributed by atoms with Gasteiger partial charge >= 0.3 is 6.03 Å². The topological polar surface area (TPSA) is 80.0 Å². The Hall–Kier alpha value is -2.08. The molecule has 1 aliphatic rings. The smallest absolute Gasteiger partial charge is 0.321 e. The SMILES string of the molecule is Nc1ccccc1C1(NC(=O)Nc2nccs2)CC1. The van der Waals surface area contributed by atoms with E-state index >= 15 is 0 Å². The van der Waals surface area contributed by atoms with Crippen molar-refractivity contribution in [3.8, 4) is 0 Å². The van der Waals surface area contributed by atoms with Crippen molar-refractivity contribution in [1.82, 2.24) is 10.3 Å². The number of nitrogen functional groups attached to an aromatic ring is 1. The fourth-order valence-corrected chi connectivity index (χ4v) is 2.67. The number of nitrogens with one attached hydrogen (secondary N) is 2. The van der Waals surface area contributed by atoms with E-state index in [1.165, 1.54) is 11.3 Å². The number of hydrogen-bond acceptors (Lipinski definition) is 4. The number of carbonyl (C=O) groups excluding carboxylic acids is 1. The van der Waals surface area contributed by atoms with Gasteiger partial charge in [-0.15, -0.1) is 11.3 Å². The monoisotopic (exact) mass is 274 g/mol. The largest absolute Gasteiger partial charge is 0.398 e. The lowest BCUT2D eigenvalue weighted by Crippen LogP contribution is -2.38. The van der Waals surface area contributed by atoms with Crippen LogP contribution in [0.3, 0.4) is 0 Å². The lowest BCUT2D eigenvalue weighted by atomic mass is 10.0. The van der Waals surface area contributed by atoms with Crippen LogP contribution in [0.25, 0.3) is 0 Å². The number of thiazole rings is 1. The molecule has 6 heteroatoms. The van der Waals surface area contributed by atoms with Gasteiger partial charge in [-0.3, -0.25) is 5.32 Å². The first kappa shape index (κ1) is 12.0. The predicted molar refractivity (Wildman–Crippen MR) is 76.0 cm³/mol. The molecule has 0 aliphatic heterocycles. The molecule has 3 rings (SSSR count). The first-order valence-corrected chi connectivity index (χ1v) is 6.91. The van der Waals surface area contributed by atoms with E-state index in [1.807, 2.05) is 29.6 Å². The molecule has 98 valence electrons. The molecular formula is C13H14N4OS. The van der Waals surface area contributed by atoms with Crippen LogP contribution in [-0.2, 0) is 5.54 Å². The summed E-state index contributed by atoms with van der Waals surface area (Å²) in [4.78, 5) is 16.0. The number of benzene rings is 1. The maximum Gasteiger partial charge on any atom is 0.321 e. The third kappa shape index (κ3) is 2.39. The molecule has 0 saturated heterocycles. The molecule has 1 aliphatic carbocycles. The highest BCUT2D eigenvalue weighted by Gasteiger charge is 2.46. The minimum absolute atomic E-state index is 0.240. The lowest BCUT2D eigenvalue weighted by molar-refractivity contribution is 0.247. The summed E-state index contributed by atoms with van der Waals surface area (Å²) < 4.78 is 0. The molecule has 5 nitrogen and oxygen atoms in total. The third-order valence-electron chi connectivity index (χ3n) is 3.23. The van der Waals surface area contributed by atoms with Gasteiger partial charge in [-0.25, -0.2) is 9.78 Å². The van der Waals surface area contributed by atoms with Gasteiger partial charge in [0.25, 0.3) is 0 Å². The second kappa shape index (κ2) is 4.55. The summed E-state index contributed by atoms with van der Waals surface area (Å²) in [5.41, 5.74) is 7.37. The molecule has 19 heavy (non-hydrogen) atoms. The maximum absolute atomic E-state index is 12.0. The molecule has 2 amide bonds. The van der Waals surface area contributed by atoms with Crippen molar-refractivity contribution in [2.75, 3.05) is 11.1 Å². The first-order chi connectivity index (χ1) is 9.20. The second-order valence-corrected chi connectivity index (χ2v) is 5.48. The molecule has 1 aromatic heterocycles. The van der Waals surface area contributed by atoms with Crippen LogP contribution >= 0.6 is 11.3 Å². The number of hydrogen-bond donors (Lipinski definition) is 3. The van der Waals surface area contributed by atoms with E-state index in [0.29, 0.717) is 5.13 Å². The molecule has 0 atom stereocenters. The van der Waals surface area contributed by atoms with Crippen molar-refractivity contribution in [1.29, 1.82) is 0 Å². The highest BCUT2D eigenvalue weighted by Crippen LogP contribution is 2.47. The molecule has 1 heterocycles. The summed E-state index contributed by atoms with van der Waals surface area (Å²) >= 11 is 1.39. The maximum atomic E-state index is 12.0. The Kier molecular flexibility index (Phi) is 2.87. The Morgan fingerprint density at radius 3 is 2.79 bits per heavy atom. The number of carbonyl (C=O) groups is 1. The van der Waals surface area contributed by atoms with E-state index < -0.39 is 0 Å². The van der Waals surface area contributed by atoms with Gasteiger partial charge < -0.3 is 11.1 Å². The summed E-state index contributed by atoms with van der Waals surface area (Å²) in [6.07, 6.45) is 3.47. The number of amides is 2. The zero-order valence-corrected chi connectivity index (χ0v) is 11.0. The van der Waals surface area contributed by atoms with E-state index in [-0.39, 0.29) is 11.6 Å². The van der Waals surface area contributed by atoms with Crippen molar-refractivity contribution in [2.45, 2.75) is 18.4 Å². The fourth-order valence-electron chi connectivity index (χ4n) is 2.15. The molecule has 2 aromatic rings. The van der Waals surface area contributed by atoms with Crippen LogP contribution < -0.4 is 16.4 Å². The summed E-state index contributed by atoms with van der Waals surface area (Å²) in [6.45, 7) is 0. The van der Waals surface area contributed by atoms with Gasteiger partial charge in [-0.1, -0.05) is 18.2 Å². The van der Waals surface area contributed by atoms with Crippen molar-refractivity contribution in [2.24, 2.45) is 0 Å². The van der Waals surface area contributed by atoms with Crippen molar-refractivity contribution in [3.05, 3.63) is 41.4 Å². The molecule has 1 fully saturated rings. The summed E-state index contributed by atoms with van der Waals surface area (Å²) in [5.74, 6) is 0. The summed E-state index contributed by atoms with van der Waals surface area (Å²) in [5, 5.41) is 8.13. The highest BCUT2D eigenvalue weighted by molar-refractivity contribution is 7.13. The van der Waals surface area contributed by atoms with Crippen molar-refractivity contribution >= 4 is 28.2 Å². The van der Waals surface area contributed by atoms with Crippen LogP contribution in [0.4, 0.5) is 15.6 Å². The minimum atomic E-state index is -0.313. The van der Waals surface area contributed by atoms with Crippen LogP contribution in [0.2, 0.25) is 0 Å². The van der Waals surface area contributed by atoms with Crippen LogP contribution in [0.5, 0.6) is 0 Å². The standard InChI is InChI=1S/C13H14N4OS/c14-10-4-2-1-3-9(10)13(5-6-13)17-11(18)16-12-15-7-8-19-12/h1-4,7-8H,5-6,14H2,(H2,15,16,17,18). The number of aromatic nitrogens is 1. The Labute approximate surface area is 114 Å². The molecule has 0 radical (unpaired) electrons. The number of nitrogens with zero attached hydrogens (tertiary/aromatic N) is 1. The third-order valence-corrected chi connectivity index (χ3v) is 3.92. The van der Waals surface area contributed by atoms with Crippen LogP contribution in [-0.4, -0.2) is 11.0 Å². The van der Waals surface area contributed by atoms with Gasteiger partial charge in [0.2, 0.25) is 0 Å². The van der Waals surface area contributed by atoms with Crippen molar-refractivity contribution < 1.29 is 4.79 Å². The zero-order valence-electron chi connectivity index (χ0n) is 10.2. The van der Waals surface area contributed by atoms with Gasteiger partial charge in [0.05, 0.1) is 5.54 Å². The summed E-state index contributed by atoms with van der Waals surface area (Å²) in [6, 6.07) is 7.41. The van der Waals surface area contributed by atoms with Gasteiger partial charge in [-0.2, -0.15) is 0 Å². The highest BCUT2D eigenvalue weighted by atomic mass is 32.1. The lowest BCUT2D eigenvalue weighted by Gasteiger charge is -2.19. The van der Waals surface area contributed by atoms with Crippen LogP contribution in [0.15, 0.2) is 35.8 Å². The Bertz CT molecular complexity index is 592. The molecule has 0 bridgehead atoms. The molecule has 0 unspecified atom stereocenters. The first-order valence-electron chi connectivity index (χ1n) is 6.03. The molecule has 4 N–H and O–H groups in total. The Balaban J connectivity index is 1.73. The number of para-hydroxylation sites is 1. The average Bonchev–Trinajstić information content (AvgIpc) is 2.97. The zero-order chi connectivity index (χ0) is 13.3. The molecule has 1 aromatic carbocycles. The Morgan fingerprint density at radius 2 is 2.16 bits per heavy atom. The van der Waals surface area contributed by atoms with Crippen molar-refractivity contribution in [3.63, 3.8) is 0 Å². The quantitative estimate of drug-likeness (QED) is 0.752. The van der Waals surface area contributed by atoms with E-state index in [2.05, 4.69) is 15.6 Å². The van der Waals surface area contributed by atoms with E-state index in [1.54, 1.807) is 6.20 Å². The van der Waals surface area contributed by atoms with Gasteiger partial charge in [0, 0.05) is 22.8 Å². The number of anilines is 2.